The molecule has 0 aromatic heterocycles. The number of hydrogen-bond donors (Lipinski definition) is 2. The molecule has 0 fully saturated rings. The number of rotatable bonds is 5. The van der Waals surface area contributed by atoms with Gasteiger partial charge >= 0.3 is 0 Å². The van der Waals surface area contributed by atoms with Crippen LogP contribution in [0.2, 0.25) is 0 Å². The highest BCUT2D eigenvalue weighted by atomic mass is 16.1. The van der Waals surface area contributed by atoms with E-state index >= 15 is 0 Å². The molecule has 0 radical (unpaired) electrons. The fourth-order valence-corrected chi connectivity index (χ4v) is 2.77. The van der Waals surface area contributed by atoms with E-state index in [4.69, 9.17) is 5.73 Å². The number of anilines is 1. The lowest BCUT2D eigenvalue weighted by atomic mass is 10.00. The minimum atomic E-state index is 0.0580. The number of hydrogen-bond acceptors (Lipinski definition) is 2. The van der Waals surface area contributed by atoms with Gasteiger partial charge in [0.2, 0.25) is 5.91 Å². The summed E-state index contributed by atoms with van der Waals surface area (Å²) < 4.78 is 0. The van der Waals surface area contributed by atoms with Gasteiger partial charge in [0, 0.05) is 18.7 Å². The number of nitrogen functional groups attached to an aromatic ring is 1. The van der Waals surface area contributed by atoms with Crippen LogP contribution in [0.25, 0.3) is 0 Å². The molecule has 2 aromatic rings. The van der Waals surface area contributed by atoms with Crippen LogP contribution >= 0.6 is 0 Å². The number of nitrogens with one attached hydrogen (secondary N) is 1. The summed E-state index contributed by atoms with van der Waals surface area (Å²) in [6.07, 6.45) is 1.13. The van der Waals surface area contributed by atoms with Gasteiger partial charge in [-0.25, -0.2) is 0 Å². The number of carbonyl (C=O) groups is 1. The normalized spacial score (nSPS) is 10.5. The van der Waals surface area contributed by atoms with Crippen molar-refractivity contribution in [3.05, 3.63) is 64.2 Å². The Hall–Kier alpha value is -2.29. The maximum Gasteiger partial charge on any atom is 0.220 e. The van der Waals surface area contributed by atoms with Crippen molar-refractivity contribution in [1.29, 1.82) is 0 Å². The standard InChI is InChI=1S/C19H24N2O/c1-13-10-14(2)17(15(3)11-13)12-21-19(22)9-8-16-6-4-5-7-18(16)20/h4-7,10-11H,8-9,12,20H2,1-3H3,(H,21,22). The topological polar surface area (TPSA) is 55.1 Å². The van der Waals surface area contributed by atoms with Crippen molar-refractivity contribution < 1.29 is 4.79 Å². The van der Waals surface area contributed by atoms with Gasteiger partial charge in [0.05, 0.1) is 0 Å². The largest absolute Gasteiger partial charge is 0.399 e. The molecule has 3 heteroatoms. The lowest BCUT2D eigenvalue weighted by Gasteiger charge is -2.12. The van der Waals surface area contributed by atoms with Gasteiger partial charge in [-0.1, -0.05) is 35.9 Å². The van der Waals surface area contributed by atoms with Gasteiger partial charge in [-0.05, 0) is 55.5 Å². The molecule has 0 saturated carbocycles. The summed E-state index contributed by atoms with van der Waals surface area (Å²) >= 11 is 0. The van der Waals surface area contributed by atoms with Crippen LogP contribution in [-0.4, -0.2) is 5.91 Å². The molecule has 0 saturated heterocycles. The Morgan fingerprint density at radius 2 is 1.73 bits per heavy atom. The fourth-order valence-electron chi connectivity index (χ4n) is 2.77. The van der Waals surface area contributed by atoms with Crippen LogP contribution in [0, 0.1) is 20.8 Å². The molecule has 0 atom stereocenters. The molecule has 22 heavy (non-hydrogen) atoms. The average Bonchev–Trinajstić information content (AvgIpc) is 2.45. The molecule has 0 heterocycles. The third kappa shape index (κ3) is 4.10. The summed E-state index contributed by atoms with van der Waals surface area (Å²) in [6, 6.07) is 12.0. The zero-order chi connectivity index (χ0) is 16.1. The van der Waals surface area contributed by atoms with E-state index in [9.17, 15) is 4.79 Å². The van der Waals surface area contributed by atoms with E-state index in [0.717, 1.165) is 11.3 Å². The van der Waals surface area contributed by atoms with Gasteiger partial charge in [-0.3, -0.25) is 4.79 Å². The molecular weight excluding hydrogens is 272 g/mol. The molecule has 2 aromatic carbocycles. The smallest absolute Gasteiger partial charge is 0.220 e. The van der Waals surface area contributed by atoms with Crippen molar-refractivity contribution in [2.24, 2.45) is 0 Å². The summed E-state index contributed by atoms with van der Waals surface area (Å²) in [5.74, 6) is 0.0580. The number of para-hydroxylation sites is 1. The Kier molecular flexibility index (Phi) is 5.21. The predicted octanol–water partition coefficient (Wildman–Crippen LogP) is 3.44. The SMILES string of the molecule is Cc1cc(C)c(CNC(=O)CCc2ccccc2N)c(C)c1. The van der Waals surface area contributed by atoms with E-state index in [1.54, 1.807) is 0 Å². The molecule has 116 valence electrons. The molecule has 3 nitrogen and oxygen atoms in total. The van der Waals surface area contributed by atoms with Crippen LogP contribution in [0.5, 0.6) is 0 Å². The Labute approximate surface area is 132 Å². The van der Waals surface area contributed by atoms with Gasteiger partial charge < -0.3 is 11.1 Å². The van der Waals surface area contributed by atoms with Crippen molar-refractivity contribution >= 4 is 11.6 Å². The van der Waals surface area contributed by atoms with Crippen molar-refractivity contribution in [3.8, 4) is 0 Å². The first-order chi connectivity index (χ1) is 10.5. The number of benzene rings is 2. The highest BCUT2D eigenvalue weighted by molar-refractivity contribution is 5.76. The highest BCUT2D eigenvalue weighted by Gasteiger charge is 2.07. The third-order valence-corrected chi connectivity index (χ3v) is 3.98. The number of amides is 1. The first-order valence-corrected chi connectivity index (χ1v) is 7.64. The van der Waals surface area contributed by atoms with Crippen molar-refractivity contribution in [1.82, 2.24) is 5.32 Å². The van der Waals surface area contributed by atoms with Gasteiger partial charge in [0.15, 0.2) is 0 Å². The second kappa shape index (κ2) is 7.12. The quantitative estimate of drug-likeness (QED) is 0.830. The van der Waals surface area contributed by atoms with Crippen molar-refractivity contribution in [2.45, 2.75) is 40.2 Å². The predicted molar refractivity (Wildman–Crippen MR) is 91.7 cm³/mol. The number of aryl methyl sites for hydroxylation is 4. The van der Waals surface area contributed by atoms with Crippen LogP contribution < -0.4 is 11.1 Å². The van der Waals surface area contributed by atoms with Crippen molar-refractivity contribution in [3.63, 3.8) is 0 Å². The monoisotopic (exact) mass is 296 g/mol. The first-order valence-electron chi connectivity index (χ1n) is 7.64. The molecule has 0 bridgehead atoms. The number of nitrogens with two attached hydrogens (primary N) is 1. The van der Waals surface area contributed by atoms with Crippen LogP contribution in [0.4, 0.5) is 5.69 Å². The summed E-state index contributed by atoms with van der Waals surface area (Å²) in [5, 5.41) is 3.01. The zero-order valence-electron chi connectivity index (χ0n) is 13.6. The summed E-state index contributed by atoms with van der Waals surface area (Å²) in [5.41, 5.74) is 12.6. The van der Waals surface area contributed by atoms with Gasteiger partial charge in [0.1, 0.15) is 0 Å². The second-order valence-corrected chi connectivity index (χ2v) is 5.85. The molecule has 0 spiro atoms. The number of carbonyl (C=O) groups excluding carboxylic acids is 1. The van der Waals surface area contributed by atoms with Crippen LogP contribution in [0.15, 0.2) is 36.4 Å². The highest BCUT2D eigenvalue weighted by Crippen LogP contribution is 2.16. The Balaban J connectivity index is 1.90. The summed E-state index contributed by atoms with van der Waals surface area (Å²) in [7, 11) is 0. The molecular formula is C19H24N2O. The van der Waals surface area contributed by atoms with Crippen LogP contribution in [0.3, 0.4) is 0 Å². The summed E-state index contributed by atoms with van der Waals surface area (Å²) in [4.78, 5) is 12.0. The van der Waals surface area contributed by atoms with Crippen LogP contribution in [0.1, 0.15) is 34.2 Å². The molecule has 3 N–H and O–H groups in total. The molecule has 0 aliphatic rings. The minimum Gasteiger partial charge on any atom is -0.399 e. The van der Waals surface area contributed by atoms with Crippen LogP contribution in [-0.2, 0) is 17.8 Å². The first kappa shape index (κ1) is 16.1. The van der Waals surface area contributed by atoms with Crippen molar-refractivity contribution in [2.75, 3.05) is 5.73 Å². The Bertz CT molecular complexity index is 654. The van der Waals surface area contributed by atoms with Gasteiger partial charge in [-0.15, -0.1) is 0 Å². The molecule has 0 aliphatic carbocycles. The van der Waals surface area contributed by atoms with E-state index in [0.29, 0.717) is 19.4 Å². The van der Waals surface area contributed by atoms with E-state index in [1.165, 1.54) is 22.3 Å². The minimum absolute atomic E-state index is 0.0580. The maximum atomic E-state index is 12.0. The molecule has 1 amide bonds. The molecule has 2 rings (SSSR count). The van der Waals surface area contributed by atoms with E-state index in [2.05, 4.69) is 38.2 Å². The molecule has 0 aliphatic heterocycles. The fraction of sp³-hybridized carbons (Fsp3) is 0.316. The lowest BCUT2D eigenvalue weighted by Crippen LogP contribution is -2.24. The van der Waals surface area contributed by atoms with E-state index in [-0.39, 0.29) is 5.91 Å². The van der Waals surface area contributed by atoms with Gasteiger partial charge in [0.25, 0.3) is 0 Å². The maximum absolute atomic E-state index is 12.0. The second-order valence-electron chi connectivity index (χ2n) is 5.85. The zero-order valence-corrected chi connectivity index (χ0v) is 13.6. The average molecular weight is 296 g/mol. The molecule has 0 unspecified atom stereocenters. The van der Waals surface area contributed by atoms with E-state index < -0.39 is 0 Å². The lowest BCUT2D eigenvalue weighted by molar-refractivity contribution is -0.121. The summed E-state index contributed by atoms with van der Waals surface area (Å²) in [6.45, 7) is 6.85. The Morgan fingerprint density at radius 1 is 1.09 bits per heavy atom. The third-order valence-electron chi connectivity index (χ3n) is 3.98. The van der Waals surface area contributed by atoms with Gasteiger partial charge in [-0.2, -0.15) is 0 Å². The van der Waals surface area contributed by atoms with E-state index in [1.807, 2.05) is 24.3 Å². The Morgan fingerprint density at radius 3 is 2.36 bits per heavy atom.